The van der Waals surface area contributed by atoms with Crippen LogP contribution in [0.2, 0.25) is 16.6 Å². The van der Waals surface area contributed by atoms with Crippen molar-refractivity contribution in [3.05, 3.63) is 42.0 Å². The normalized spacial score (nSPS) is 14.8. The van der Waals surface area contributed by atoms with Gasteiger partial charge < -0.3 is 14.3 Å². The van der Waals surface area contributed by atoms with Crippen LogP contribution in [0.25, 0.3) is 0 Å². The van der Waals surface area contributed by atoms with E-state index in [-0.39, 0.29) is 5.92 Å². The van der Waals surface area contributed by atoms with Gasteiger partial charge in [-0.25, -0.2) is 0 Å². The summed E-state index contributed by atoms with van der Waals surface area (Å²) in [6, 6.07) is 7.61. The van der Waals surface area contributed by atoms with Gasteiger partial charge in [-0.1, -0.05) is 73.2 Å². The van der Waals surface area contributed by atoms with E-state index in [1.54, 1.807) is 7.11 Å². The maximum absolute atomic E-state index is 10.8. The summed E-state index contributed by atoms with van der Waals surface area (Å²) in [5.41, 5.74) is 3.32. The molecular formula is C22H38O3Si. The van der Waals surface area contributed by atoms with E-state index in [0.717, 1.165) is 11.1 Å². The highest BCUT2D eigenvalue weighted by molar-refractivity contribution is 6.77. The van der Waals surface area contributed by atoms with Gasteiger partial charge in [-0.3, -0.25) is 0 Å². The minimum atomic E-state index is -1.94. The Bertz CT molecular complexity index is 559. The molecular weight excluding hydrogens is 340 g/mol. The second-order valence-electron chi connectivity index (χ2n) is 8.24. The number of rotatable bonds is 10. The molecule has 1 rings (SSSR count). The van der Waals surface area contributed by atoms with Gasteiger partial charge >= 0.3 is 0 Å². The van der Waals surface area contributed by atoms with Gasteiger partial charge in [-0.2, -0.15) is 0 Å². The Morgan fingerprint density at radius 3 is 1.96 bits per heavy atom. The van der Waals surface area contributed by atoms with Crippen molar-refractivity contribution in [3.8, 4) is 5.75 Å². The zero-order chi connectivity index (χ0) is 20.1. The maximum Gasteiger partial charge on any atom is 0.200 e. The van der Waals surface area contributed by atoms with Gasteiger partial charge in [0.2, 0.25) is 8.32 Å². The number of hydrogen-bond donors (Lipinski definition) is 1. The Morgan fingerprint density at radius 1 is 1.00 bits per heavy atom. The first-order valence-electron chi connectivity index (χ1n) is 9.72. The van der Waals surface area contributed by atoms with Crippen LogP contribution >= 0.6 is 0 Å². The highest BCUT2D eigenvalue weighted by Crippen LogP contribution is 2.43. The summed E-state index contributed by atoms with van der Waals surface area (Å²) in [6.45, 7) is 20.4. The molecule has 148 valence electrons. The van der Waals surface area contributed by atoms with Crippen LogP contribution < -0.4 is 4.74 Å². The highest BCUT2D eigenvalue weighted by Gasteiger charge is 2.45. The van der Waals surface area contributed by atoms with Crippen LogP contribution in [0, 0.1) is 5.92 Å². The minimum absolute atomic E-state index is 0.107. The van der Waals surface area contributed by atoms with Gasteiger partial charge in [0.05, 0.1) is 19.8 Å². The van der Waals surface area contributed by atoms with Crippen molar-refractivity contribution < 1.29 is 14.3 Å². The lowest BCUT2D eigenvalue weighted by Gasteiger charge is -2.42. The fraction of sp³-hybridized carbons (Fsp3) is 0.636. The van der Waals surface area contributed by atoms with Gasteiger partial charge in [0, 0.05) is 11.5 Å². The standard InChI is InChI=1S/C22H38O3Si/c1-15(2)26(16(3)4,17(5)6)25-14-18(7)19(8)22(23)20-12-10-11-13-21(20)24-9/h10-13,15-17,19,22-23H,7,14H2,1-6,8-9H3/t19-,22+/m0/s1. The van der Waals surface area contributed by atoms with E-state index in [9.17, 15) is 5.11 Å². The zero-order valence-electron chi connectivity index (χ0n) is 17.9. The molecule has 0 unspecified atom stereocenters. The van der Waals surface area contributed by atoms with Crippen molar-refractivity contribution >= 4 is 8.32 Å². The first kappa shape index (κ1) is 22.9. The lowest BCUT2D eigenvalue weighted by molar-refractivity contribution is 0.124. The van der Waals surface area contributed by atoms with E-state index in [0.29, 0.717) is 29.0 Å². The van der Waals surface area contributed by atoms with Gasteiger partial charge in [-0.05, 0) is 28.3 Å². The van der Waals surface area contributed by atoms with E-state index in [1.807, 2.05) is 31.2 Å². The molecule has 0 bridgehead atoms. The van der Waals surface area contributed by atoms with E-state index in [4.69, 9.17) is 9.16 Å². The molecule has 3 nitrogen and oxygen atoms in total. The van der Waals surface area contributed by atoms with E-state index in [1.165, 1.54) is 0 Å². The summed E-state index contributed by atoms with van der Waals surface area (Å²) in [6.07, 6.45) is -0.657. The Morgan fingerprint density at radius 2 is 1.50 bits per heavy atom. The topological polar surface area (TPSA) is 38.7 Å². The third kappa shape index (κ3) is 4.79. The minimum Gasteiger partial charge on any atom is -0.496 e. The van der Waals surface area contributed by atoms with Crippen molar-refractivity contribution in [2.45, 2.75) is 71.2 Å². The second kappa shape index (κ2) is 9.72. The Balaban J connectivity index is 2.92. The number of hydrogen-bond acceptors (Lipinski definition) is 3. The molecule has 2 atom stereocenters. The molecule has 0 aliphatic heterocycles. The summed E-state index contributed by atoms with van der Waals surface area (Å²) >= 11 is 0. The molecule has 0 aliphatic rings. The van der Waals surface area contributed by atoms with Crippen LogP contribution in [-0.2, 0) is 4.43 Å². The molecule has 0 radical (unpaired) electrons. The van der Waals surface area contributed by atoms with Gasteiger partial charge in [0.1, 0.15) is 5.75 Å². The van der Waals surface area contributed by atoms with Crippen LogP contribution in [0.1, 0.15) is 60.1 Å². The molecule has 4 heteroatoms. The lowest BCUT2D eigenvalue weighted by Crippen LogP contribution is -2.48. The van der Waals surface area contributed by atoms with Crippen molar-refractivity contribution in [2.75, 3.05) is 13.7 Å². The largest absolute Gasteiger partial charge is 0.496 e. The maximum atomic E-state index is 10.8. The SMILES string of the molecule is C=C(CO[Si](C(C)C)(C(C)C)C(C)C)[C@H](C)[C@@H](O)c1ccccc1OC. The summed E-state index contributed by atoms with van der Waals surface area (Å²) < 4.78 is 12.0. The van der Waals surface area contributed by atoms with E-state index < -0.39 is 14.4 Å². The number of methoxy groups -OCH3 is 1. The zero-order valence-corrected chi connectivity index (χ0v) is 18.9. The number of aliphatic hydroxyl groups excluding tert-OH is 1. The smallest absolute Gasteiger partial charge is 0.200 e. The molecule has 1 aromatic rings. The van der Waals surface area contributed by atoms with Gasteiger partial charge in [0.15, 0.2) is 0 Å². The summed E-state index contributed by atoms with van der Waals surface area (Å²) in [5.74, 6) is 0.598. The molecule has 0 aromatic heterocycles. The molecule has 0 saturated carbocycles. The Labute approximate surface area is 161 Å². The summed E-state index contributed by atoms with van der Waals surface area (Å²) in [7, 11) is -0.308. The molecule has 1 aromatic carbocycles. The van der Waals surface area contributed by atoms with Crippen LogP contribution in [0.15, 0.2) is 36.4 Å². The molecule has 0 fully saturated rings. The number of benzene rings is 1. The predicted octanol–water partition coefficient (Wildman–Crippen LogP) is 6.11. The first-order valence-corrected chi connectivity index (χ1v) is 11.9. The Kier molecular flexibility index (Phi) is 8.58. The molecule has 1 N–H and O–H groups in total. The summed E-state index contributed by atoms with van der Waals surface area (Å²) in [4.78, 5) is 0. The van der Waals surface area contributed by atoms with Crippen molar-refractivity contribution in [1.82, 2.24) is 0 Å². The molecule has 0 aliphatic carbocycles. The van der Waals surface area contributed by atoms with Crippen molar-refractivity contribution in [2.24, 2.45) is 5.92 Å². The summed E-state index contributed by atoms with van der Waals surface area (Å²) in [5, 5.41) is 10.8. The predicted molar refractivity (Wildman–Crippen MR) is 113 cm³/mol. The Hall–Kier alpha value is -1.10. The molecule has 26 heavy (non-hydrogen) atoms. The van der Waals surface area contributed by atoms with Crippen LogP contribution in [0.3, 0.4) is 0 Å². The quantitative estimate of drug-likeness (QED) is 0.394. The monoisotopic (exact) mass is 378 g/mol. The lowest BCUT2D eigenvalue weighted by atomic mass is 9.91. The average molecular weight is 379 g/mol. The number of ether oxygens (including phenoxy) is 1. The molecule has 0 saturated heterocycles. The number of para-hydroxylation sites is 1. The molecule has 0 amide bonds. The fourth-order valence-corrected chi connectivity index (χ4v) is 9.69. The van der Waals surface area contributed by atoms with E-state index >= 15 is 0 Å². The van der Waals surface area contributed by atoms with Crippen molar-refractivity contribution in [3.63, 3.8) is 0 Å². The third-order valence-corrected chi connectivity index (χ3v) is 11.8. The highest BCUT2D eigenvalue weighted by atomic mass is 28.4. The molecule has 0 spiro atoms. The van der Waals surface area contributed by atoms with Gasteiger partial charge in [-0.15, -0.1) is 0 Å². The number of aliphatic hydroxyl groups is 1. The van der Waals surface area contributed by atoms with Gasteiger partial charge in [0.25, 0.3) is 0 Å². The van der Waals surface area contributed by atoms with E-state index in [2.05, 4.69) is 48.1 Å². The van der Waals surface area contributed by atoms with Crippen LogP contribution in [0.4, 0.5) is 0 Å². The fourth-order valence-electron chi connectivity index (χ4n) is 4.25. The van der Waals surface area contributed by atoms with Crippen molar-refractivity contribution in [1.29, 1.82) is 0 Å². The molecule has 0 heterocycles. The second-order valence-corrected chi connectivity index (χ2v) is 13.7. The van der Waals surface area contributed by atoms with Crippen LogP contribution in [-0.4, -0.2) is 27.1 Å². The third-order valence-electron chi connectivity index (χ3n) is 5.79. The average Bonchev–Trinajstić information content (AvgIpc) is 2.59. The van der Waals surface area contributed by atoms with Crippen LogP contribution in [0.5, 0.6) is 5.75 Å². The first-order chi connectivity index (χ1) is 12.1.